The molecule has 1 fully saturated rings. The van der Waals surface area contributed by atoms with Crippen LogP contribution in [0.5, 0.6) is 0 Å². The van der Waals surface area contributed by atoms with Crippen molar-refractivity contribution in [2.24, 2.45) is 0 Å². The van der Waals surface area contributed by atoms with E-state index < -0.39 is 0 Å². The number of hydrogen-bond acceptors (Lipinski definition) is 4. The van der Waals surface area contributed by atoms with Crippen LogP contribution in [-0.4, -0.2) is 50.1 Å². The van der Waals surface area contributed by atoms with Crippen LogP contribution in [0.25, 0.3) is 5.69 Å². The third-order valence-electron chi connectivity index (χ3n) is 3.86. The molecule has 3 rings (SSSR count). The zero-order valence-electron chi connectivity index (χ0n) is 11.9. The Bertz CT molecular complexity index is 635. The van der Waals surface area contributed by atoms with Gasteiger partial charge in [-0.2, -0.15) is 0 Å². The second kappa shape index (κ2) is 5.65. The summed E-state index contributed by atoms with van der Waals surface area (Å²) >= 11 is 0. The Morgan fingerprint density at radius 1 is 1.38 bits per heavy atom. The molecule has 1 aliphatic heterocycles. The summed E-state index contributed by atoms with van der Waals surface area (Å²) < 4.78 is 1.59. The van der Waals surface area contributed by atoms with Gasteiger partial charge in [-0.25, -0.2) is 4.68 Å². The molecule has 0 bridgehead atoms. The molecule has 2 aromatic rings. The van der Waals surface area contributed by atoms with Crippen molar-refractivity contribution < 1.29 is 9.90 Å². The number of aliphatic hydroxyl groups is 1. The highest BCUT2D eigenvalue weighted by atomic mass is 16.3. The average molecular weight is 286 g/mol. The fraction of sp³-hybridized carbons (Fsp3) is 0.400. The number of amides is 1. The van der Waals surface area contributed by atoms with Crippen LogP contribution in [0.3, 0.4) is 0 Å². The molecule has 6 heteroatoms. The first-order chi connectivity index (χ1) is 10.2. The highest BCUT2D eigenvalue weighted by Gasteiger charge is 2.30. The number of aromatic nitrogens is 3. The van der Waals surface area contributed by atoms with Crippen LogP contribution in [0.2, 0.25) is 0 Å². The molecule has 0 aliphatic carbocycles. The van der Waals surface area contributed by atoms with Gasteiger partial charge in [-0.15, -0.1) is 5.10 Å². The van der Waals surface area contributed by atoms with Crippen molar-refractivity contribution >= 4 is 5.91 Å². The molecule has 1 aromatic heterocycles. The molecular weight excluding hydrogens is 268 g/mol. The van der Waals surface area contributed by atoms with Crippen LogP contribution in [0.1, 0.15) is 28.9 Å². The van der Waals surface area contributed by atoms with Crippen molar-refractivity contribution in [3.8, 4) is 5.69 Å². The lowest BCUT2D eigenvalue weighted by Gasteiger charge is -2.21. The average Bonchev–Trinajstić information content (AvgIpc) is 3.16. The van der Waals surface area contributed by atoms with Crippen molar-refractivity contribution in [3.05, 3.63) is 41.7 Å². The van der Waals surface area contributed by atoms with Gasteiger partial charge in [0.15, 0.2) is 5.69 Å². The van der Waals surface area contributed by atoms with Crippen LogP contribution in [0.4, 0.5) is 0 Å². The Hall–Kier alpha value is -2.21. The Labute approximate surface area is 123 Å². The van der Waals surface area contributed by atoms with Crippen LogP contribution in [-0.2, 0) is 0 Å². The summed E-state index contributed by atoms with van der Waals surface area (Å²) in [4.78, 5) is 14.1. The van der Waals surface area contributed by atoms with E-state index in [-0.39, 0.29) is 18.6 Å². The Balaban J connectivity index is 1.81. The van der Waals surface area contributed by atoms with E-state index in [1.54, 1.807) is 15.8 Å². The number of aliphatic hydroxyl groups excluding tert-OH is 1. The monoisotopic (exact) mass is 286 g/mol. The van der Waals surface area contributed by atoms with E-state index in [4.69, 9.17) is 0 Å². The molecular formula is C15H18N4O2. The molecule has 0 radical (unpaired) electrons. The molecule has 0 unspecified atom stereocenters. The molecule has 1 saturated heterocycles. The normalized spacial score (nSPS) is 18.2. The largest absolute Gasteiger partial charge is 0.394 e. The van der Waals surface area contributed by atoms with Crippen LogP contribution in [0.15, 0.2) is 30.5 Å². The Morgan fingerprint density at radius 3 is 2.86 bits per heavy atom. The summed E-state index contributed by atoms with van der Waals surface area (Å²) in [5.74, 6) is -0.162. The fourth-order valence-corrected chi connectivity index (χ4v) is 2.63. The Kier molecular flexibility index (Phi) is 3.70. The van der Waals surface area contributed by atoms with E-state index in [0.717, 1.165) is 24.1 Å². The SMILES string of the molecule is Cc1ccc(-n2cc(C(=O)N3CCC[C@@H]3CO)nn2)cc1. The van der Waals surface area contributed by atoms with Gasteiger partial charge in [0.2, 0.25) is 0 Å². The summed E-state index contributed by atoms with van der Waals surface area (Å²) in [6.45, 7) is 2.68. The Morgan fingerprint density at radius 2 is 2.14 bits per heavy atom. The van der Waals surface area contributed by atoms with Crippen LogP contribution < -0.4 is 0 Å². The number of carbonyl (C=O) groups is 1. The predicted molar refractivity (Wildman–Crippen MR) is 77.2 cm³/mol. The van der Waals surface area contributed by atoms with E-state index >= 15 is 0 Å². The maximum Gasteiger partial charge on any atom is 0.276 e. The molecule has 1 amide bonds. The van der Waals surface area contributed by atoms with E-state index in [0.29, 0.717) is 12.2 Å². The standard InChI is InChI=1S/C15H18N4O2/c1-11-4-6-12(7-5-11)19-9-14(16-17-19)15(21)18-8-2-3-13(18)10-20/h4-7,9,13,20H,2-3,8,10H2,1H3/t13-/m1/s1. The number of nitrogens with zero attached hydrogens (tertiary/aromatic N) is 4. The van der Waals surface area contributed by atoms with Gasteiger partial charge in [0.1, 0.15) is 0 Å². The first-order valence-corrected chi connectivity index (χ1v) is 7.10. The smallest absolute Gasteiger partial charge is 0.276 e. The highest BCUT2D eigenvalue weighted by molar-refractivity contribution is 5.92. The molecule has 1 N–H and O–H groups in total. The molecule has 1 atom stereocenters. The van der Waals surface area contributed by atoms with E-state index in [1.807, 2.05) is 31.2 Å². The van der Waals surface area contributed by atoms with Gasteiger partial charge >= 0.3 is 0 Å². The minimum absolute atomic E-state index is 0.00214. The van der Waals surface area contributed by atoms with Gasteiger partial charge in [0.25, 0.3) is 5.91 Å². The summed E-state index contributed by atoms with van der Waals surface area (Å²) in [7, 11) is 0. The van der Waals surface area contributed by atoms with Crippen molar-refractivity contribution in [1.29, 1.82) is 0 Å². The second-order valence-electron chi connectivity index (χ2n) is 5.36. The molecule has 2 heterocycles. The molecule has 1 aromatic carbocycles. The quantitative estimate of drug-likeness (QED) is 0.919. The van der Waals surface area contributed by atoms with Gasteiger partial charge in [-0.1, -0.05) is 22.9 Å². The van der Waals surface area contributed by atoms with Gasteiger partial charge in [-0.3, -0.25) is 4.79 Å². The van der Waals surface area contributed by atoms with Crippen molar-refractivity contribution in [1.82, 2.24) is 19.9 Å². The summed E-state index contributed by atoms with van der Waals surface area (Å²) in [5.41, 5.74) is 2.35. The number of aryl methyl sites for hydroxylation is 1. The number of rotatable bonds is 3. The van der Waals surface area contributed by atoms with E-state index in [9.17, 15) is 9.90 Å². The topological polar surface area (TPSA) is 71.2 Å². The fourth-order valence-electron chi connectivity index (χ4n) is 2.63. The minimum Gasteiger partial charge on any atom is -0.394 e. The zero-order valence-corrected chi connectivity index (χ0v) is 11.9. The van der Waals surface area contributed by atoms with E-state index in [2.05, 4.69) is 10.3 Å². The third kappa shape index (κ3) is 2.67. The molecule has 1 aliphatic rings. The second-order valence-corrected chi connectivity index (χ2v) is 5.36. The lowest BCUT2D eigenvalue weighted by Crippen LogP contribution is -2.37. The predicted octanol–water partition coefficient (Wildman–Crippen LogP) is 1.17. The molecule has 110 valence electrons. The minimum atomic E-state index is -0.162. The van der Waals surface area contributed by atoms with Crippen LogP contribution in [0, 0.1) is 6.92 Å². The lowest BCUT2D eigenvalue weighted by atomic mass is 10.2. The van der Waals surface area contributed by atoms with Gasteiger partial charge in [0, 0.05) is 6.54 Å². The summed E-state index contributed by atoms with van der Waals surface area (Å²) in [5, 5.41) is 17.3. The lowest BCUT2D eigenvalue weighted by molar-refractivity contribution is 0.0671. The van der Waals surface area contributed by atoms with Crippen LogP contribution >= 0.6 is 0 Å². The van der Waals surface area contributed by atoms with Gasteiger partial charge < -0.3 is 10.0 Å². The number of benzene rings is 1. The first kappa shape index (κ1) is 13.8. The van der Waals surface area contributed by atoms with Crippen molar-refractivity contribution in [2.45, 2.75) is 25.8 Å². The highest BCUT2D eigenvalue weighted by Crippen LogP contribution is 2.19. The van der Waals surface area contributed by atoms with E-state index in [1.165, 1.54) is 0 Å². The number of hydrogen-bond donors (Lipinski definition) is 1. The number of likely N-dealkylation sites (tertiary alicyclic amines) is 1. The third-order valence-corrected chi connectivity index (χ3v) is 3.86. The summed E-state index contributed by atoms with van der Waals surface area (Å²) in [6, 6.07) is 7.75. The zero-order chi connectivity index (χ0) is 14.8. The maximum absolute atomic E-state index is 12.4. The molecule has 21 heavy (non-hydrogen) atoms. The maximum atomic E-state index is 12.4. The van der Waals surface area contributed by atoms with Crippen molar-refractivity contribution in [3.63, 3.8) is 0 Å². The molecule has 0 spiro atoms. The van der Waals surface area contributed by atoms with Gasteiger partial charge in [0.05, 0.1) is 24.5 Å². The van der Waals surface area contributed by atoms with Gasteiger partial charge in [-0.05, 0) is 31.9 Å². The first-order valence-electron chi connectivity index (χ1n) is 7.10. The molecule has 0 saturated carbocycles. The summed E-state index contributed by atoms with van der Waals surface area (Å²) in [6.07, 6.45) is 3.40. The van der Waals surface area contributed by atoms with Crippen molar-refractivity contribution in [2.75, 3.05) is 13.2 Å². The number of carbonyl (C=O) groups excluding carboxylic acids is 1. The molecule has 6 nitrogen and oxygen atoms in total.